The number of anilines is 1. The summed E-state index contributed by atoms with van der Waals surface area (Å²) in [7, 11) is -0.396. The van der Waals surface area contributed by atoms with Gasteiger partial charge in [0, 0.05) is 19.3 Å². The molecule has 0 bridgehead atoms. The number of carbonyl (C=O) groups excluding carboxylic acids is 1. The zero-order valence-electron chi connectivity index (χ0n) is 11.9. The van der Waals surface area contributed by atoms with Gasteiger partial charge in [-0.1, -0.05) is 6.92 Å². The molecule has 0 radical (unpaired) electrons. The van der Waals surface area contributed by atoms with E-state index < -0.39 is 10.0 Å². The van der Waals surface area contributed by atoms with Crippen LogP contribution in [0, 0.1) is 0 Å². The Bertz CT molecular complexity index is 540. The van der Waals surface area contributed by atoms with Gasteiger partial charge in [-0.2, -0.15) is 0 Å². The van der Waals surface area contributed by atoms with Crippen LogP contribution >= 0.6 is 0 Å². The quantitative estimate of drug-likeness (QED) is 0.760. The Balaban J connectivity index is 2.81. The molecule has 0 heterocycles. The first-order chi connectivity index (χ1) is 9.40. The van der Waals surface area contributed by atoms with E-state index in [9.17, 15) is 13.2 Å². The molecule has 0 atom stereocenters. The van der Waals surface area contributed by atoms with Gasteiger partial charge in [0.05, 0.1) is 12.0 Å². The van der Waals surface area contributed by atoms with Crippen LogP contribution in [0.2, 0.25) is 0 Å². The van der Waals surface area contributed by atoms with Crippen molar-refractivity contribution in [3.8, 4) is 0 Å². The van der Waals surface area contributed by atoms with Gasteiger partial charge >= 0.3 is 5.97 Å². The summed E-state index contributed by atoms with van der Waals surface area (Å²) in [6, 6.07) is 6.34. The molecule has 1 aromatic rings. The minimum absolute atomic E-state index is 0.108. The Morgan fingerprint density at radius 1 is 1.30 bits per heavy atom. The number of methoxy groups -OCH3 is 1. The second kappa shape index (κ2) is 7.25. The number of hydrogen-bond acceptors (Lipinski definition) is 5. The molecule has 0 saturated heterocycles. The normalized spacial score (nSPS) is 11.2. The molecule has 0 aliphatic rings. The third kappa shape index (κ3) is 4.50. The number of ether oxygens (including phenoxy) is 1. The van der Waals surface area contributed by atoms with Gasteiger partial charge in [0.1, 0.15) is 6.54 Å². The van der Waals surface area contributed by atoms with Gasteiger partial charge in [0.25, 0.3) is 0 Å². The maximum Gasteiger partial charge on any atom is 0.325 e. The number of hydrogen-bond donors (Lipinski definition) is 1. The van der Waals surface area contributed by atoms with E-state index in [1.807, 2.05) is 6.92 Å². The number of likely N-dealkylation sites (N-methyl/N-ethyl adjacent to an activating group) is 1. The summed E-state index contributed by atoms with van der Waals surface area (Å²) < 4.78 is 30.9. The van der Waals surface area contributed by atoms with Gasteiger partial charge in [0.2, 0.25) is 10.0 Å². The van der Waals surface area contributed by atoms with Gasteiger partial charge in [-0.25, -0.2) is 13.1 Å². The summed E-state index contributed by atoms with van der Waals surface area (Å²) in [5.74, 6) is -0.353. The highest BCUT2D eigenvalue weighted by atomic mass is 32.2. The van der Waals surface area contributed by atoms with Crippen LogP contribution in [0.25, 0.3) is 0 Å². The lowest BCUT2D eigenvalue weighted by Gasteiger charge is -2.18. The number of benzene rings is 1. The maximum atomic E-state index is 11.9. The molecule has 0 aromatic heterocycles. The largest absolute Gasteiger partial charge is 0.468 e. The van der Waals surface area contributed by atoms with Gasteiger partial charge in [0.15, 0.2) is 0 Å². The van der Waals surface area contributed by atoms with Crippen LogP contribution < -0.4 is 9.62 Å². The molecule has 0 aliphatic carbocycles. The van der Waals surface area contributed by atoms with Crippen molar-refractivity contribution in [1.82, 2.24) is 4.72 Å². The summed E-state index contributed by atoms with van der Waals surface area (Å²) in [4.78, 5) is 13.1. The lowest BCUT2D eigenvalue weighted by molar-refractivity contribution is -0.138. The van der Waals surface area contributed by atoms with Crippen LogP contribution in [-0.4, -0.2) is 41.6 Å². The monoisotopic (exact) mass is 300 g/mol. The minimum atomic E-state index is -3.45. The van der Waals surface area contributed by atoms with E-state index in [0.29, 0.717) is 6.54 Å². The maximum absolute atomic E-state index is 11.9. The van der Waals surface area contributed by atoms with Crippen molar-refractivity contribution in [2.75, 3.05) is 32.1 Å². The highest BCUT2D eigenvalue weighted by Crippen LogP contribution is 2.16. The predicted octanol–water partition coefficient (Wildman–Crippen LogP) is 0.984. The molecule has 1 rings (SSSR count). The van der Waals surface area contributed by atoms with E-state index in [4.69, 9.17) is 0 Å². The molecule has 0 spiro atoms. The molecule has 0 amide bonds. The SMILES string of the molecule is CCCNS(=O)(=O)c1ccc(N(C)CC(=O)OC)cc1. The number of nitrogens with zero attached hydrogens (tertiary/aromatic N) is 1. The standard InChI is InChI=1S/C13H20N2O4S/c1-4-9-14-20(17,18)12-7-5-11(6-8-12)15(2)10-13(16)19-3/h5-8,14H,4,9-10H2,1-3H3. The van der Waals surface area contributed by atoms with Crippen molar-refractivity contribution < 1.29 is 17.9 Å². The Labute approximate surface area is 119 Å². The van der Waals surface area contributed by atoms with Crippen molar-refractivity contribution in [3.05, 3.63) is 24.3 Å². The van der Waals surface area contributed by atoms with E-state index in [0.717, 1.165) is 12.1 Å². The van der Waals surface area contributed by atoms with Crippen LogP contribution in [-0.2, 0) is 19.6 Å². The minimum Gasteiger partial charge on any atom is -0.468 e. The topological polar surface area (TPSA) is 75.7 Å². The average molecular weight is 300 g/mol. The molecule has 1 aromatic carbocycles. The fourth-order valence-electron chi connectivity index (χ4n) is 1.55. The fraction of sp³-hybridized carbons (Fsp3) is 0.462. The average Bonchev–Trinajstić information content (AvgIpc) is 2.45. The molecule has 0 aliphatic heterocycles. The first-order valence-corrected chi connectivity index (χ1v) is 7.76. The Hall–Kier alpha value is -1.60. The van der Waals surface area contributed by atoms with Crippen molar-refractivity contribution >= 4 is 21.7 Å². The summed E-state index contributed by atoms with van der Waals surface area (Å²) in [6.45, 7) is 2.41. The van der Waals surface area contributed by atoms with Crippen molar-refractivity contribution in [1.29, 1.82) is 0 Å². The van der Waals surface area contributed by atoms with Gasteiger partial charge in [-0.05, 0) is 30.7 Å². The summed E-state index contributed by atoms with van der Waals surface area (Å²) in [5, 5.41) is 0. The molecule has 0 unspecified atom stereocenters. The molecule has 6 nitrogen and oxygen atoms in total. The summed E-state index contributed by atoms with van der Waals surface area (Å²) in [5.41, 5.74) is 0.741. The highest BCUT2D eigenvalue weighted by Gasteiger charge is 2.13. The zero-order chi connectivity index (χ0) is 15.2. The zero-order valence-corrected chi connectivity index (χ0v) is 12.7. The van der Waals surface area contributed by atoms with Crippen molar-refractivity contribution in [2.45, 2.75) is 18.2 Å². The molecule has 0 saturated carbocycles. The molecular formula is C13H20N2O4S. The van der Waals surface area contributed by atoms with Gasteiger partial charge in [-0.3, -0.25) is 4.79 Å². The molecule has 1 N–H and O–H groups in total. The van der Waals surface area contributed by atoms with Crippen molar-refractivity contribution in [3.63, 3.8) is 0 Å². The van der Waals surface area contributed by atoms with E-state index >= 15 is 0 Å². The second-order valence-electron chi connectivity index (χ2n) is 4.32. The lowest BCUT2D eigenvalue weighted by atomic mass is 10.3. The predicted molar refractivity (Wildman–Crippen MR) is 77.2 cm³/mol. The second-order valence-corrected chi connectivity index (χ2v) is 6.09. The van der Waals surface area contributed by atoms with E-state index in [1.54, 1.807) is 24.1 Å². The van der Waals surface area contributed by atoms with Crippen LogP contribution in [0.4, 0.5) is 5.69 Å². The molecule has 20 heavy (non-hydrogen) atoms. The first-order valence-electron chi connectivity index (χ1n) is 6.28. The lowest BCUT2D eigenvalue weighted by Crippen LogP contribution is -2.27. The van der Waals surface area contributed by atoms with Crippen LogP contribution in [0.1, 0.15) is 13.3 Å². The molecule has 112 valence electrons. The van der Waals surface area contributed by atoms with Crippen molar-refractivity contribution in [2.24, 2.45) is 0 Å². The van der Waals surface area contributed by atoms with E-state index in [2.05, 4.69) is 9.46 Å². The van der Waals surface area contributed by atoms with Crippen LogP contribution in [0.15, 0.2) is 29.2 Å². The van der Waals surface area contributed by atoms with Gasteiger partial charge < -0.3 is 9.64 Å². The molecule has 0 fully saturated rings. The summed E-state index contributed by atoms with van der Waals surface area (Å²) in [6.07, 6.45) is 0.735. The molecule has 7 heteroatoms. The highest BCUT2D eigenvalue weighted by molar-refractivity contribution is 7.89. The Kier molecular flexibility index (Phi) is 5.97. The number of carbonyl (C=O) groups is 1. The number of sulfonamides is 1. The third-order valence-electron chi connectivity index (χ3n) is 2.72. The van der Waals surface area contributed by atoms with E-state index in [-0.39, 0.29) is 17.4 Å². The van der Waals surface area contributed by atoms with Gasteiger partial charge in [-0.15, -0.1) is 0 Å². The fourth-order valence-corrected chi connectivity index (χ4v) is 2.68. The van der Waals surface area contributed by atoms with E-state index in [1.165, 1.54) is 19.2 Å². The van der Waals surface area contributed by atoms with Crippen LogP contribution in [0.3, 0.4) is 0 Å². The molecular weight excluding hydrogens is 280 g/mol. The number of nitrogens with one attached hydrogen (secondary N) is 1. The third-order valence-corrected chi connectivity index (χ3v) is 4.20. The Morgan fingerprint density at radius 3 is 2.40 bits per heavy atom. The van der Waals surface area contributed by atoms with Crippen LogP contribution in [0.5, 0.6) is 0 Å². The first kappa shape index (κ1) is 16.5. The number of rotatable bonds is 7. The Morgan fingerprint density at radius 2 is 1.90 bits per heavy atom. The number of esters is 1. The smallest absolute Gasteiger partial charge is 0.325 e. The summed E-state index contributed by atoms with van der Waals surface area (Å²) >= 11 is 0.